The van der Waals surface area contributed by atoms with Gasteiger partial charge in [0.25, 0.3) is 5.91 Å². The molecule has 2 aromatic rings. The second-order valence-corrected chi connectivity index (χ2v) is 12.3. The van der Waals surface area contributed by atoms with E-state index in [-0.39, 0.29) is 35.9 Å². The van der Waals surface area contributed by atoms with Gasteiger partial charge < -0.3 is 38.8 Å². The Kier molecular flexibility index (Phi) is 10.9. The lowest BCUT2D eigenvalue weighted by molar-refractivity contribution is -0.0593. The van der Waals surface area contributed by atoms with Crippen molar-refractivity contribution in [3.8, 4) is 17.2 Å². The summed E-state index contributed by atoms with van der Waals surface area (Å²) < 4.78 is 28.4. The van der Waals surface area contributed by atoms with Crippen LogP contribution in [-0.4, -0.2) is 93.8 Å². The molecule has 2 aromatic carbocycles. The highest BCUT2D eigenvalue weighted by atomic mass is 16.7. The number of nitrogens with one attached hydrogen (secondary N) is 1. The molecule has 2 amide bonds. The number of carbonyl (C=O) groups is 2. The van der Waals surface area contributed by atoms with Gasteiger partial charge in [-0.05, 0) is 74.8 Å². The monoisotopic (exact) mass is 609 g/mol. The average molecular weight is 610 g/mol. The number of benzene rings is 2. The molecule has 0 spiro atoms. The van der Waals surface area contributed by atoms with E-state index < -0.39 is 6.29 Å². The molecule has 44 heavy (non-hydrogen) atoms. The number of rotatable bonds is 14. The quantitative estimate of drug-likeness (QED) is 0.307. The van der Waals surface area contributed by atoms with Crippen molar-refractivity contribution in [3.63, 3.8) is 0 Å². The summed E-state index contributed by atoms with van der Waals surface area (Å²) in [6.45, 7) is 7.88. The van der Waals surface area contributed by atoms with Crippen molar-refractivity contribution in [2.24, 2.45) is 11.8 Å². The summed E-state index contributed by atoms with van der Waals surface area (Å²) in [6.07, 6.45) is 3.28. The fraction of sp³-hybridized carbons (Fsp3) is 0.588. The van der Waals surface area contributed by atoms with Crippen molar-refractivity contribution in [1.29, 1.82) is 0 Å². The van der Waals surface area contributed by atoms with Crippen molar-refractivity contribution < 1.29 is 33.3 Å². The molecule has 1 aliphatic carbocycles. The standard InChI is InChI=1S/C34H47N3O7/c1-23(2)36(33(38)25-10-14-30(41-4)31(18-25)42-17-7-16-40-3)21-26-19-35-20-27(26)22-37(28-12-13-28)34(39)44-32-15-11-24-8-5-6-9-29(24)43-32/h5-6,8-10,14,18,23,26-28,32,35H,7,11-13,15-17,19-22H2,1-4H3/t26-,27-,32?/m0/s1. The van der Waals surface area contributed by atoms with E-state index in [2.05, 4.69) is 5.32 Å². The van der Waals surface area contributed by atoms with Crippen molar-refractivity contribution in [2.75, 3.05) is 53.6 Å². The number of fused-ring (bicyclic) bond motifs is 1. The highest BCUT2D eigenvalue weighted by Crippen LogP contribution is 2.33. The first-order valence-electron chi connectivity index (χ1n) is 15.9. The molecule has 2 fully saturated rings. The Labute approximate surface area is 260 Å². The van der Waals surface area contributed by atoms with Gasteiger partial charge in [-0.2, -0.15) is 0 Å². The predicted molar refractivity (Wildman–Crippen MR) is 166 cm³/mol. The third kappa shape index (κ3) is 7.95. The van der Waals surface area contributed by atoms with E-state index in [0.717, 1.165) is 50.1 Å². The van der Waals surface area contributed by atoms with Gasteiger partial charge in [-0.1, -0.05) is 18.2 Å². The Morgan fingerprint density at radius 3 is 2.48 bits per heavy atom. The van der Waals surface area contributed by atoms with Crippen LogP contribution in [0.25, 0.3) is 0 Å². The van der Waals surface area contributed by atoms with Crippen LogP contribution in [0.1, 0.15) is 55.5 Å². The minimum atomic E-state index is -0.580. The fourth-order valence-electron chi connectivity index (χ4n) is 6.04. The van der Waals surface area contributed by atoms with E-state index in [1.54, 1.807) is 32.4 Å². The van der Waals surface area contributed by atoms with Crippen LogP contribution in [0.15, 0.2) is 42.5 Å². The summed E-state index contributed by atoms with van der Waals surface area (Å²) in [5, 5.41) is 3.51. The molecule has 1 saturated carbocycles. The SMILES string of the molecule is COCCCOc1cc(C(=O)N(C[C@@H]2CNC[C@H]2CN(C(=O)OC2CCc3ccccc3O2)C2CC2)C(C)C)ccc1OC. The third-order valence-electron chi connectivity index (χ3n) is 8.72. The summed E-state index contributed by atoms with van der Waals surface area (Å²) in [5.41, 5.74) is 1.70. The molecule has 5 rings (SSSR count). The van der Waals surface area contributed by atoms with Gasteiger partial charge in [0, 0.05) is 70.4 Å². The molecule has 0 radical (unpaired) electrons. The maximum absolute atomic E-state index is 13.9. The van der Waals surface area contributed by atoms with E-state index in [4.69, 9.17) is 23.7 Å². The normalized spacial score (nSPS) is 20.9. The van der Waals surface area contributed by atoms with Crippen molar-refractivity contribution in [3.05, 3.63) is 53.6 Å². The second-order valence-electron chi connectivity index (χ2n) is 12.3. The van der Waals surface area contributed by atoms with Gasteiger partial charge in [0.1, 0.15) is 5.75 Å². The lowest BCUT2D eigenvalue weighted by Crippen LogP contribution is -2.45. The molecule has 2 heterocycles. The number of ether oxygens (including phenoxy) is 5. The molecule has 0 aromatic heterocycles. The first-order valence-corrected chi connectivity index (χ1v) is 15.9. The smallest absolute Gasteiger partial charge is 0.413 e. The fourth-order valence-corrected chi connectivity index (χ4v) is 6.04. The number of hydrogen-bond donors (Lipinski definition) is 1. The number of nitrogens with zero attached hydrogens (tertiary/aromatic N) is 2. The van der Waals surface area contributed by atoms with Gasteiger partial charge in [0.05, 0.1) is 13.7 Å². The van der Waals surface area contributed by atoms with E-state index >= 15 is 0 Å². The highest BCUT2D eigenvalue weighted by Gasteiger charge is 2.40. The Hall–Kier alpha value is -3.50. The van der Waals surface area contributed by atoms with Crippen molar-refractivity contribution in [2.45, 2.75) is 64.3 Å². The van der Waals surface area contributed by atoms with Crippen LogP contribution in [-0.2, 0) is 15.9 Å². The molecule has 2 aliphatic heterocycles. The van der Waals surface area contributed by atoms with Gasteiger partial charge in [0.2, 0.25) is 6.29 Å². The number of hydrogen-bond acceptors (Lipinski definition) is 8. The van der Waals surface area contributed by atoms with Crippen LogP contribution in [0, 0.1) is 11.8 Å². The molecular formula is C34H47N3O7. The van der Waals surface area contributed by atoms with Crippen LogP contribution in [0.5, 0.6) is 17.2 Å². The van der Waals surface area contributed by atoms with Crippen molar-refractivity contribution >= 4 is 12.0 Å². The Bertz CT molecular complexity index is 1270. The van der Waals surface area contributed by atoms with Crippen molar-refractivity contribution in [1.82, 2.24) is 15.1 Å². The van der Waals surface area contributed by atoms with Gasteiger partial charge in [0.15, 0.2) is 11.5 Å². The molecule has 10 nitrogen and oxygen atoms in total. The Balaban J connectivity index is 1.22. The van der Waals surface area contributed by atoms with E-state index in [1.165, 1.54) is 0 Å². The predicted octanol–water partition coefficient (Wildman–Crippen LogP) is 4.75. The molecule has 1 saturated heterocycles. The zero-order valence-electron chi connectivity index (χ0n) is 26.5. The number of para-hydroxylation sites is 1. The summed E-state index contributed by atoms with van der Waals surface area (Å²) in [4.78, 5) is 31.1. The third-order valence-corrected chi connectivity index (χ3v) is 8.72. The minimum Gasteiger partial charge on any atom is -0.493 e. The molecule has 0 bridgehead atoms. The molecule has 10 heteroatoms. The first-order chi connectivity index (χ1) is 21.4. The first kappa shape index (κ1) is 31.9. The molecule has 3 aliphatic rings. The average Bonchev–Trinajstić information content (AvgIpc) is 3.78. The number of methoxy groups -OCH3 is 2. The van der Waals surface area contributed by atoms with Crippen LogP contribution in [0.4, 0.5) is 4.79 Å². The number of carbonyl (C=O) groups excluding carboxylic acids is 2. The van der Waals surface area contributed by atoms with E-state index in [0.29, 0.717) is 49.8 Å². The number of aryl methyl sites for hydroxylation is 1. The lowest BCUT2D eigenvalue weighted by atomic mass is 9.94. The van der Waals surface area contributed by atoms with Gasteiger partial charge >= 0.3 is 6.09 Å². The zero-order valence-corrected chi connectivity index (χ0v) is 26.5. The molecule has 240 valence electrons. The maximum atomic E-state index is 13.9. The largest absolute Gasteiger partial charge is 0.493 e. The van der Waals surface area contributed by atoms with E-state index in [1.807, 2.05) is 47.9 Å². The lowest BCUT2D eigenvalue weighted by Gasteiger charge is -2.34. The molecule has 1 N–H and O–H groups in total. The molecule has 3 atom stereocenters. The van der Waals surface area contributed by atoms with Gasteiger partial charge in [-0.3, -0.25) is 4.79 Å². The summed E-state index contributed by atoms with van der Waals surface area (Å²) in [7, 11) is 3.25. The maximum Gasteiger partial charge on any atom is 0.413 e. The minimum absolute atomic E-state index is 0.00671. The highest BCUT2D eigenvalue weighted by molar-refractivity contribution is 5.95. The van der Waals surface area contributed by atoms with Gasteiger partial charge in [-0.25, -0.2) is 4.79 Å². The van der Waals surface area contributed by atoms with Gasteiger partial charge in [-0.15, -0.1) is 0 Å². The summed E-state index contributed by atoms with van der Waals surface area (Å²) >= 11 is 0. The Morgan fingerprint density at radius 2 is 1.75 bits per heavy atom. The molecule has 1 unspecified atom stereocenters. The second kappa shape index (κ2) is 15.0. The van der Waals surface area contributed by atoms with E-state index in [9.17, 15) is 9.59 Å². The summed E-state index contributed by atoms with van der Waals surface area (Å²) in [5.74, 6) is 2.25. The van der Waals surface area contributed by atoms with Crippen LogP contribution in [0.2, 0.25) is 0 Å². The Morgan fingerprint density at radius 1 is 0.977 bits per heavy atom. The summed E-state index contributed by atoms with van der Waals surface area (Å²) in [6, 6.07) is 13.4. The number of amides is 2. The molecular weight excluding hydrogens is 562 g/mol. The van der Waals surface area contributed by atoms with Crippen LogP contribution < -0.4 is 19.5 Å². The van der Waals surface area contributed by atoms with Crippen LogP contribution in [0.3, 0.4) is 0 Å². The topological polar surface area (TPSA) is 98.8 Å². The van der Waals surface area contributed by atoms with Crippen LogP contribution >= 0.6 is 0 Å². The zero-order chi connectivity index (χ0) is 31.1.